The van der Waals surface area contributed by atoms with Crippen LogP contribution in [-0.4, -0.2) is 22.5 Å². The van der Waals surface area contributed by atoms with Crippen LogP contribution >= 0.6 is 0 Å². The van der Waals surface area contributed by atoms with Gasteiger partial charge in [-0.3, -0.25) is 9.59 Å². The maximum atomic E-state index is 12.2. The van der Waals surface area contributed by atoms with Crippen molar-refractivity contribution < 1.29 is 9.59 Å². The Morgan fingerprint density at radius 3 is 2.20 bits per heavy atom. The molecule has 0 aliphatic carbocycles. The number of carbonyl (C=O) groups is 2. The van der Waals surface area contributed by atoms with Crippen LogP contribution in [0, 0.1) is 0 Å². The molecule has 0 unspecified atom stereocenters. The van der Waals surface area contributed by atoms with Crippen LogP contribution in [0.2, 0.25) is 0 Å². The molecule has 1 aliphatic rings. The Balaban J connectivity index is 1.90. The second kappa shape index (κ2) is 5.09. The van der Waals surface area contributed by atoms with Gasteiger partial charge in [0.1, 0.15) is 0 Å². The third-order valence-corrected chi connectivity index (χ3v) is 3.10. The molecular formula is C16H12N2O2. The predicted molar refractivity (Wildman–Crippen MR) is 75.2 cm³/mol. The molecule has 0 spiro atoms. The van der Waals surface area contributed by atoms with Gasteiger partial charge in [-0.25, -0.2) is 0 Å². The van der Waals surface area contributed by atoms with Crippen molar-refractivity contribution in [2.24, 2.45) is 5.10 Å². The van der Waals surface area contributed by atoms with Crippen LogP contribution in [0.1, 0.15) is 22.3 Å². The van der Waals surface area contributed by atoms with E-state index < -0.39 is 0 Å². The lowest BCUT2D eigenvalue weighted by atomic mass is 10.1. The average molecular weight is 264 g/mol. The Morgan fingerprint density at radius 2 is 1.55 bits per heavy atom. The van der Waals surface area contributed by atoms with Crippen molar-refractivity contribution in [3.63, 3.8) is 0 Å². The van der Waals surface area contributed by atoms with E-state index in [-0.39, 0.29) is 18.2 Å². The summed E-state index contributed by atoms with van der Waals surface area (Å²) in [5, 5.41) is 5.12. The molecule has 0 radical (unpaired) electrons. The average Bonchev–Trinajstić information content (AvgIpc) is 2.90. The van der Waals surface area contributed by atoms with Crippen LogP contribution in [0.3, 0.4) is 0 Å². The highest BCUT2D eigenvalue weighted by Gasteiger charge is 2.30. The monoisotopic (exact) mass is 264 g/mol. The zero-order valence-electron chi connectivity index (χ0n) is 10.7. The minimum atomic E-state index is -0.387. The Hall–Kier alpha value is -2.75. The zero-order valence-corrected chi connectivity index (χ0v) is 10.7. The molecule has 1 aliphatic heterocycles. The number of nitrogens with zero attached hydrogens (tertiary/aromatic N) is 2. The topological polar surface area (TPSA) is 49.7 Å². The molecule has 0 fully saturated rings. The highest BCUT2D eigenvalue weighted by atomic mass is 16.2. The van der Waals surface area contributed by atoms with Gasteiger partial charge in [-0.15, -0.1) is 0 Å². The molecule has 4 nitrogen and oxygen atoms in total. The Bertz CT molecular complexity index is 678. The van der Waals surface area contributed by atoms with Gasteiger partial charge in [0.2, 0.25) is 0 Å². The summed E-state index contributed by atoms with van der Waals surface area (Å²) >= 11 is 0. The second-order valence-corrected chi connectivity index (χ2v) is 4.47. The van der Waals surface area contributed by atoms with Gasteiger partial charge >= 0.3 is 0 Å². The van der Waals surface area contributed by atoms with Crippen molar-refractivity contribution in [1.82, 2.24) is 5.01 Å². The van der Waals surface area contributed by atoms with Crippen molar-refractivity contribution in [3.05, 3.63) is 71.8 Å². The fraction of sp³-hybridized carbons (Fsp3) is 0.0625. The molecule has 98 valence electrons. The summed E-state index contributed by atoms with van der Waals surface area (Å²) in [6.07, 6.45) is 0.155. The summed E-state index contributed by atoms with van der Waals surface area (Å²) in [5.41, 5.74) is 1.95. The first-order valence-electron chi connectivity index (χ1n) is 6.31. The third-order valence-electron chi connectivity index (χ3n) is 3.10. The predicted octanol–water partition coefficient (Wildman–Crippen LogP) is 2.46. The van der Waals surface area contributed by atoms with Crippen LogP contribution < -0.4 is 0 Å². The number of hydrogen-bond donors (Lipinski definition) is 0. The highest BCUT2D eigenvalue weighted by Crippen LogP contribution is 2.17. The number of rotatable bonds is 2. The standard InChI is InChI=1S/C16H12N2O2/c19-15-11-14(12-7-3-1-4-8-12)17-18(15)16(20)13-9-5-2-6-10-13/h1-10H,11H2. The molecule has 3 rings (SSSR count). The van der Waals surface area contributed by atoms with E-state index in [0.717, 1.165) is 10.6 Å². The second-order valence-electron chi connectivity index (χ2n) is 4.47. The van der Waals surface area contributed by atoms with Crippen molar-refractivity contribution in [1.29, 1.82) is 0 Å². The minimum Gasteiger partial charge on any atom is -0.272 e. The number of imide groups is 1. The van der Waals surface area contributed by atoms with Crippen molar-refractivity contribution in [2.75, 3.05) is 0 Å². The van der Waals surface area contributed by atoms with E-state index >= 15 is 0 Å². The van der Waals surface area contributed by atoms with E-state index in [4.69, 9.17) is 0 Å². The van der Waals surface area contributed by atoms with Crippen molar-refractivity contribution in [2.45, 2.75) is 6.42 Å². The summed E-state index contributed by atoms with van der Waals surface area (Å²) in [6, 6.07) is 18.1. The first-order valence-corrected chi connectivity index (χ1v) is 6.31. The van der Waals surface area contributed by atoms with Crippen LogP contribution in [0.15, 0.2) is 65.8 Å². The molecule has 2 aromatic rings. The Morgan fingerprint density at radius 1 is 0.950 bits per heavy atom. The smallest absolute Gasteiger partial charge is 0.272 e. The van der Waals surface area contributed by atoms with Crippen LogP contribution in [0.25, 0.3) is 0 Å². The molecule has 4 heteroatoms. The van der Waals surface area contributed by atoms with E-state index in [1.807, 2.05) is 36.4 Å². The largest absolute Gasteiger partial charge is 0.281 e. The molecule has 0 saturated heterocycles. The van der Waals surface area contributed by atoms with Gasteiger partial charge < -0.3 is 0 Å². The minimum absolute atomic E-state index is 0.155. The summed E-state index contributed by atoms with van der Waals surface area (Å²) in [5.74, 6) is -0.681. The summed E-state index contributed by atoms with van der Waals surface area (Å²) in [7, 11) is 0. The van der Waals surface area contributed by atoms with Crippen molar-refractivity contribution >= 4 is 17.5 Å². The van der Waals surface area contributed by atoms with Gasteiger partial charge in [-0.1, -0.05) is 48.5 Å². The molecule has 0 saturated carbocycles. The maximum Gasteiger partial charge on any atom is 0.281 e. The molecule has 0 N–H and O–H groups in total. The zero-order chi connectivity index (χ0) is 13.9. The highest BCUT2D eigenvalue weighted by molar-refractivity contribution is 6.19. The number of carbonyl (C=O) groups excluding carboxylic acids is 2. The van der Waals surface area contributed by atoms with E-state index in [9.17, 15) is 9.59 Å². The number of hydrogen-bond acceptors (Lipinski definition) is 3. The van der Waals surface area contributed by atoms with Gasteiger partial charge in [0.05, 0.1) is 12.1 Å². The lowest BCUT2D eigenvalue weighted by Crippen LogP contribution is -2.28. The first-order chi connectivity index (χ1) is 9.75. The summed E-state index contributed by atoms with van der Waals surface area (Å²) < 4.78 is 0. The van der Waals surface area contributed by atoms with Crippen LogP contribution in [0.5, 0.6) is 0 Å². The molecule has 2 amide bonds. The maximum absolute atomic E-state index is 12.2. The van der Waals surface area contributed by atoms with Gasteiger partial charge in [-0.05, 0) is 17.7 Å². The van der Waals surface area contributed by atoms with Crippen LogP contribution in [-0.2, 0) is 4.79 Å². The van der Waals surface area contributed by atoms with E-state index in [1.54, 1.807) is 24.3 Å². The lowest BCUT2D eigenvalue weighted by Gasteiger charge is -2.09. The number of amides is 2. The van der Waals surface area contributed by atoms with Gasteiger partial charge in [0.15, 0.2) is 0 Å². The van der Waals surface area contributed by atoms with Crippen LogP contribution in [0.4, 0.5) is 0 Å². The van der Waals surface area contributed by atoms with E-state index in [1.165, 1.54) is 0 Å². The van der Waals surface area contributed by atoms with E-state index in [2.05, 4.69) is 5.10 Å². The van der Waals surface area contributed by atoms with Gasteiger partial charge in [0, 0.05) is 5.56 Å². The Kier molecular flexibility index (Phi) is 3.13. The quantitative estimate of drug-likeness (QED) is 0.782. The van der Waals surface area contributed by atoms with E-state index in [0.29, 0.717) is 11.3 Å². The molecule has 0 atom stereocenters. The SMILES string of the molecule is O=C1CC(c2ccccc2)=NN1C(=O)c1ccccc1. The summed E-state index contributed by atoms with van der Waals surface area (Å²) in [6.45, 7) is 0. The molecule has 20 heavy (non-hydrogen) atoms. The van der Waals surface area contributed by atoms with Gasteiger partial charge in [-0.2, -0.15) is 10.1 Å². The lowest BCUT2D eigenvalue weighted by molar-refractivity contribution is -0.126. The van der Waals surface area contributed by atoms with Gasteiger partial charge in [0.25, 0.3) is 11.8 Å². The molecule has 0 bridgehead atoms. The number of hydrazone groups is 1. The molecule has 2 aromatic carbocycles. The van der Waals surface area contributed by atoms with Crippen molar-refractivity contribution in [3.8, 4) is 0 Å². The normalized spacial score (nSPS) is 14.3. The molecule has 0 aromatic heterocycles. The molecular weight excluding hydrogens is 252 g/mol. The molecule has 1 heterocycles. The fourth-order valence-corrected chi connectivity index (χ4v) is 2.08. The fourth-order valence-electron chi connectivity index (χ4n) is 2.08. The first kappa shape index (κ1) is 12.3. The Labute approximate surface area is 116 Å². The number of benzene rings is 2. The summed E-state index contributed by atoms with van der Waals surface area (Å²) in [4.78, 5) is 24.2. The third kappa shape index (κ3) is 2.23.